The predicted molar refractivity (Wildman–Crippen MR) is 76.0 cm³/mol. The van der Waals surface area contributed by atoms with Crippen LogP contribution in [0.2, 0.25) is 0 Å². The van der Waals surface area contributed by atoms with Crippen molar-refractivity contribution in [2.45, 2.75) is 30.7 Å². The summed E-state index contributed by atoms with van der Waals surface area (Å²) in [5, 5.41) is 0. The van der Waals surface area contributed by atoms with E-state index in [-0.39, 0.29) is 16.7 Å². The first-order valence-corrected chi connectivity index (χ1v) is 8.17. The Kier molecular flexibility index (Phi) is 5.46. The van der Waals surface area contributed by atoms with E-state index >= 15 is 0 Å². The molecule has 0 unspecified atom stereocenters. The highest BCUT2D eigenvalue weighted by Crippen LogP contribution is 2.20. The highest BCUT2D eigenvalue weighted by Gasteiger charge is 2.32. The standard InChI is InChI=1S/C12H17Cl2NO2S/c1-3-12(8-13,9-14)15-18(16,17)11-6-4-5-10(2)7-11/h4-7,15H,3,8-9H2,1-2H3. The first-order chi connectivity index (χ1) is 8.39. The summed E-state index contributed by atoms with van der Waals surface area (Å²) in [6.07, 6.45) is 0.533. The molecule has 0 bridgehead atoms. The van der Waals surface area contributed by atoms with Gasteiger partial charge in [-0.1, -0.05) is 19.1 Å². The molecule has 1 aromatic carbocycles. The number of benzene rings is 1. The number of hydrogen-bond donors (Lipinski definition) is 1. The highest BCUT2D eigenvalue weighted by atomic mass is 35.5. The van der Waals surface area contributed by atoms with Gasteiger partial charge in [-0.2, -0.15) is 0 Å². The van der Waals surface area contributed by atoms with Gasteiger partial charge >= 0.3 is 0 Å². The lowest BCUT2D eigenvalue weighted by Crippen LogP contribution is -2.51. The molecule has 0 radical (unpaired) electrons. The SMILES string of the molecule is CCC(CCl)(CCl)NS(=O)(=O)c1cccc(C)c1. The van der Waals surface area contributed by atoms with Gasteiger partial charge < -0.3 is 0 Å². The second-order valence-corrected chi connectivity index (χ2v) is 6.54. The number of aryl methyl sites for hydroxylation is 1. The van der Waals surface area contributed by atoms with Crippen LogP contribution in [0.5, 0.6) is 0 Å². The number of halogens is 2. The van der Waals surface area contributed by atoms with Gasteiger partial charge in [0, 0.05) is 11.8 Å². The Morgan fingerprint density at radius 1 is 1.28 bits per heavy atom. The molecule has 1 N–H and O–H groups in total. The summed E-state index contributed by atoms with van der Waals surface area (Å²) in [6, 6.07) is 6.72. The monoisotopic (exact) mass is 309 g/mol. The summed E-state index contributed by atoms with van der Waals surface area (Å²) in [4.78, 5) is 0.232. The Labute approximate surface area is 119 Å². The molecule has 0 heterocycles. The Balaban J connectivity index is 3.08. The van der Waals surface area contributed by atoms with E-state index in [0.717, 1.165) is 5.56 Å². The number of nitrogens with one attached hydrogen (secondary N) is 1. The maximum absolute atomic E-state index is 12.2. The topological polar surface area (TPSA) is 46.2 Å². The Morgan fingerprint density at radius 2 is 1.89 bits per heavy atom. The van der Waals surface area contributed by atoms with Crippen LogP contribution in [0.15, 0.2) is 29.2 Å². The lowest BCUT2D eigenvalue weighted by Gasteiger charge is -2.29. The molecule has 0 aliphatic heterocycles. The van der Waals surface area contributed by atoms with Crippen molar-refractivity contribution < 1.29 is 8.42 Å². The predicted octanol–water partition coefficient (Wildman–Crippen LogP) is 2.90. The van der Waals surface area contributed by atoms with E-state index in [4.69, 9.17) is 23.2 Å². The van der Waals surface area contributed by atoms with E-state index in [9.17, 15) is 8.42 Å². The molecule has 0 aromatic heterocycles. The fourth-order valence-corrected chi connectivity index (χ4v) is 4.01. The quantitative estimate of drug-likeness (QED) is 0.821. The molecule has 0 aliphatic rings. The van der Waals surface area contributed by atoms with Crippen LogP contribution in [0, 0.1) is 6.92 Å². The van der Waals surface area contributed by atoms with Crippen molar-refractivity contribution in [3.63, 3.8) is 0 Å². The smallest absolute Gasteiger partial charge is 0.207 e. The van der Waals surface area contributed by atoms with Crippen molar-refractivity contribution in [2.75, 3.05) is 11.8 Å². The van der Waals surface area contributed by atoms with Gasteiger partial charge in [-0.25, -0.2) is 13.1 Å². The zero-order valence-electron chi connectivity index (χ0n) is 10.4. The second kappa shape index (κ2) is 6.24. The minimum Gasteiger partial charge on any atom is -0.207 e. The summed E-state index contributed by atoms with van der Waals surface area (Å²) < 4.78 is 27.1. The number of alkyl halides is 2. The van der Waals surface area contributed by atoms with Crippen molar-refractivity contribution in [3.8, 4) is 0 Å². The molecule has 0 aliphatic carbocycles. The fourth-order valence-electron chi connectivity index (χ4n) is 1.48. The molecule has 6 heteroatoms. The molecule has 0 saturated carbocycles. The van der Waals surface area contributed by atoms with Crippen LogP contribution in [0.1, 0.15) is 18.9 Å². The first kappa shape index (κ1) is 15.8. The molecule has 1 aromatic rings. The minimum atomic E-state index is -3.60. The minimum absolute atomic E-state index is 0.137. The van der Waals surface area contributed by atoms with Crippen LogP contribution < -0.4 is 4.72 Å². The molecule has 0 amide bonds. The van der Waals surface area contributed by atoms with Crippen LogP contribution in [-0.2, 0) is 10.0 Å². The first-order valence-electron chi connectivity index (χ1n) is 5.62. The lowest BCUT2D eigenvalue weighted by molar-refractivity contribution is 0.449. The van der Waals surface area contributed by atoms with Gasteiger partial charge in [-0.3, -0.25) is 0 Å². The molecule has 0 saturated heterocycles. The molecule has 18 heavy (non-hydrogen) atoms. The van der Waals surface area contributed by atoms with Gasteiger partial charge in [0.25, 0.3) is 0 Å². The van der Waals surface area contributed by atoms with Crippen molar-refractivity contribution in [2.24, 2.45) is 0 Å². The van der Waals surface area contributed by atoms with Gasteiger partial charge in [0.1, 0.15) is 0 Å². The van der Waals surface area contributed by atoms with Gasteiger partial charge in [-0.15, -0.1) is 23.2 Å². The van der Waals surface area contributed by atoms with E-state index < -0.39 is 15.6 Å². The number of hydrogen-bond acceptors (Lipinski definition) is 2. The molecule has 3 nitrogen and oxygen atoms in total. The molecule has 0 fully saturated rings. The van der Waals surface area contributed by atoms with E-state index in [0.29, 0.717) is 6.42 Å². The van der Waals surface area contributed by atoms with Gasteiger partial charge in [0.2, 0.25) is 10.0 Å². The van der Waals surface area contributed by atoms with Crippen LogP contribution in [0.25, 0.3) is 0 Å². The van der Waals surface area contributed by atoms with Crippen molar-refractivity contribution in [3.05, 3.63) is 29.8 Å². The molecule has 102 valence electrons. The summed E-state index contributed by atoms with van der Waals surface area (Å²) in [6.45, 7) is 3.69. The van der Waals surface area contributed by atoms with Gasteiger partial charge in [-0.05, 0) is 31.0 Å². The average Bonchev–Trinajstić information content (AvgIpc) is 2.36. The third-order valence-corrected chi connectivity index (χ3v) is 5.44. The number of rotatable bonds is 6. The number of sulfonamides is 1. The summed E-state index contributed by atoms with van der Waals surface area (Å²) in [7, 11) is -3.60. The van der Waals surface area contributed by atoms with Crippen molar-refractivity contribution in [1.82, 2.24) is 4.72 Å². The maximum atomic E-state index is 12.2. The zero-order valence-corrected chi connectivity index (χ0v) is 12.7. The van der Waals surface area contributed by atoms with E-state index in [2.05, 4.69) is 4.72 Å². The molecule has 0 spiro atoms. The Morgan fingerprint density at radius 3 is 2.33 bits per heavy atom. The molecular formula is C12H17Cl2NO2S. The average molecular weight is 310 g/mol. The molecule has 0 atom stereocenters. The Hall–Kier alpha value is -0.290. The summed E-state index contributed by atoms with van der Waals surface area (Å²) in [5.41, 5.74) is 0.0859. The summed E-state index contributed by atoms with van der Waals surface area (Å²) in [5.74, 6) is 0.274. The van der Waals surface area contributed by atoms with Crippen LogP contribution in [0.3, 0.4) is 0 Å². The highest BCUT2D eigenvalue weighted by molar-refractivity contribution is 7.89. The molecular weight excluding hydrogens is 293 g/mol. The van der Waals surface area contributed by atoms with E-state index in [1.165, 1.54) is 0 Å². The van der Waals surface area contributed by atoms with Crippen LogP contribution in [0.4, 0.5) is 0 Å². The lowest BCUT2D eigenvalue weighted by atomic mass is 10.0. The second-order valence-electron chi connectivity index (χ2n) is 4.32. The zero-order chi connectivity index (χ0) is 13.8. The van der Waals surface area contributed by atoms with E-state index in [1.54, 1.807) is 18.2 Å². The van der Waals surface area contributed by atoms with Gasteiger partial charge in [0.15, 0.2) is 0 Å². The maximum Gasteiger partial charge on any atom is 0.241 e. The van der Waals surface area contributed by atoms with Crippen LogP contribution in [-0.4, -0.2) is 25.7 Å². The fraction of sp³-hybridized carbons (Fsp3) is 0.500. The Bertz CT molecular complexity index is 490. The van der Waals surface area contributed by atoms with Gasteiger partial charge in [0.05, 0.1) is 10.4 Å². The largest absolute Gasteiger partial charge is 0.241 e. The van der Waals surface area contributed by atoms with Crippen molar-refractivity contribution in [1.29, 1.82) is 0 Å². The van der Waals surface area contributed by atoms with Crippen LogP contribution >= 0.6 is 23.2 Å². The summed E-state index contributed by atoms with van der Waals surface area (Å²) >= 11 is 11.7. The normalized spacial score (nSPS) is 12.7. The van der Waals surface area contributed by atoms with Crippen molar-refractivity contribution >= 4 is 33.2 Å². The van der Waals surface area contributed by atoms with E-state index in [1.807, 2.05) is 19.9 Å². The third-order valence-electron chi connectivity index (χ3n) is 2.84. The molecule has 1 rings (SSSR count). The third kappa shape index (κ3) is 3.60.